The maximum Gasteiger partial charge on any atom is 0.306 e. The molecule has 5 heteroatoms. The van der Waals surface area contributed by atoms with E-state index in [1.54, 1.807) is 13.9 Å². The summed E-state index contributed by atoms with van der Waals surface area (Å²) in [6.45, 7) is 0. The van der Waals surface area contributed by atoms with E-state index in [9.17, 15) is 4.79 Å². The number of hydrogen-bond donors (Lipinski definition) is 0. The third-order valence-corrected chi connectivity index (χ3v) is 2.18. The number of pyridine rings is 1. The van der Waals surface area contributed by atoms with Crippen LogP contribution in [0.2, 0.25) is 0 Å². The van der Waals surface area contributed by atoms with Crippen LogP contribution in [-0.2, 0) is 9.53 Å². The van der Waals surface area contributed by atoms with Crippen LogP contribution in [0.25, 0.3) is 0 Å². The van der Waals surface area contributed by atoms with Gasteiger partial charge in [-0.25, -0.2) is 4.98 Å². The average molecular weight is 242 g/mol. The van der Waals surface area contributed by atoms with Gasteiger partial charge in [0, 0.05) is 5.69 Å². The molecule has 1 heterocycles. The number of methoxy groups -OCH3 is 1. The van der Waals surface area contributed by atoms with Crippen molar-refractivity contribution in [3.05, 3.63) is 28.5 Å². The topological polar surface area (TPSA) is 39.2 Å². The molecule has 0 saturated heterocycles. The van der Waals surface area contributed by atoms with Crippen LogP contribution in [0.4, 0.5) is 0 Å². The molecule has 0 aliphatic rings. The first kappa shape index (κ1) is 10.2. The van der Waals surface area contributed by atoms with Crippen LogP contribution in [0.3, 0.4) is 0 Å². The third-order valence-electron chi connectivity index (χ3n) is 1.74. The lowest BCUT2D eigenvalue weighted by atomic mass is 9.84. The van der Waals surface area contributed by atoms with Gasteiger partial charge in [-0.1, -0.05) is 6.07 Å². The van der Waals surface area contributed by atoms with Gasteiger partial charge in [0.15, 0.2) is 0 Å². The van der Waals surface area contributed by atoms with Crippen molar-refractivity contribution in [3.63, 3.8) is 0 Å². The van der Waals surface area contributed by atoms with Crippen molar-refractivity contribution in [2.24, 2.45) is 0 Å². The predicted molar refractivity (Wildman–Crippen MR) is 55.2 cm³/mol. The van der Waals surface area contributed by atoms with E-state index in [0.717, 1.165) is 4.60 Å². The van der Waals surface area contributed by atoms with Gasteiger partial charge in [-0.2, -0.15) is 0 Å². The summed E-state index contributed by atoms with van der Waals surface area (Å²) in [7, 11) is 3.14. The first-order valence-electron chi connectivity index (χ1n) is 3.85. The largest absolute Gasteiger partial charge is 0.469 e. The highest BCUT2D eigenvalue weighted by molar-refractivity contribution is 9.10. The lowest BCUT2D eigenvalue weighted by Gasteiger charge is -2.07. The van der Waals surface area contributed by atoms with Gasteiger partial charge in [0.25, 0.3) is 0 Å². The average Bonchev–Trinajstić information content (AvgIpc) is 2.15. The summed E-state index contributed by atoms with van der Waals surface area (Å²) in [5.41, 5.74) is 0.709. The Balaban J connectivity index is 2.88. The minimum atomic E-state index is -0.317. The van der Waals surface area contributed by atoms with Gasteiger partial charge in [0.2, 0.25) is 0 Å². The van der Waals surface area contributed by atoms with Crippen LogP contribution in [-0.4, -0.2) is 25.9 Å². The SMILES string of the molecule is BC(C(=O)OC)c1cccc(Br)n1. The maximum atomic E-state index is 11.1. The van der Waals surface area contributed by atoms with Gasteiger partial charge in [0.1, 0.15) is 12.4 Å². The van der Waals surface area contributed by atoms with Crippen LogP contribution in [0.1, 0.15) is 11.5 Å². The van der Waals surface area contributed by atoms with E-state index in [0.29, 0.717) is 5.69 Å². The summed E-state index contributed by atoms with van der Waals surface area (Å²) in [5, 5.41) is 0. The molecule has 13 heavy (non-hydrogen) atoms. The molecule has 0 aliphatic carbocycles. The highest BCUT2D eigenvalue weighted by Gasteiger charge is 2.16. The number of rotatable bonds is 2. The zero-order valence-electron chi connectivity index (χ0n) is 7.45. The number of halogens is 1. The Kier molecular flexibility index (Phi) is 3.48. The van der Waals surface area contributed by atoms with Gasteiger partial charge in [-0.3, -0.25) is 4.79 Å². The molecule has 1 unspecified atom stereocenters. The number of carbonyl (C=O) groups is 1. The molecule has 1 aromatic rings. The minimum absolute atomic E-state index is 0.273. The quantitative estimate of drug-likeness (QED) is 0.435. The van der Waals surface area contributed by atoms with E-state index in [1.165, 1.54) is 7.11 Å². The van der Waals surface area contributed by atoms with E-state index in [1.807, 2.05) is 12.1 Å². The van der Waals surface area contributed by atoms with Gasteiger partial charge in [-0.05, 0) is 28.1 Å². The van der Waals surface area contributed by atoms with Gasteiger partial charge < -0.3 is 4.74 Å². The minimum Gasteiger partial charge on any atom is -0.469 e. The molecule has 0 fully saturated rings. The molecule has 1 rings (SSSR count). The highest BCUT2D eigenvalue weighted by Crippen LogP contribution is 2.14. The summed E-state index contributed by atoms with van der Waals surface area (Å²) in [4.78, 5) is 15.3. The van der Waals surface area contributed by atoms with E-state index >= 15 is 0 Å². The zero-order valence-corrected chi connectivity index (χ0v) is 9.04. The molecule has 1 atom stereocenters. The summed E-state index contributed by atoms with van der Waals surface area (Å²) in [6.07, 6.45) is 0. The van der Waals surface area contributed by atoms with Crippen LogP contribution in [0, 0.1) is 0 Å². The molecule has 0 amide bonds. The Morgan fingerprint density at radius 1 is 1.69 bits per heavy atom. The third kappa shape index (κ3) is 2.55. The zero-order chi connectivity index (χ0) is 9.84. The summed E-state index contributed by atoms with van der Waals surface area (Å²) in [5.74, 6) is -0.590. The Morgan fingerprint density at radius 2 is 2.38 bits per heavy atom. The Morgan fingerprint density at radius 3 is 2.92 bits per heavy atom. The Bertz CT molecular complexity index is 319. The van der Waals surface area contributed by atoms with Gasteiger partial charge in [0.05, 0.1) is 12.9 Å². The molecule has 0 aliphatic heterocycles. The first-order chi connectivity index (χ1) is 6.15. The number of aromatic nitrogens is 1. The predicted octanol–water partition coefficient (Wildman–Crippen LogP) is 0.691. The molecule has 0 radical (unpaired) electrons. The van der Waals surface area contributed by atoms with Gasteiger partial charge in [-0.15, -0.1) is 0 Å². The molecule has 0 spiro atoms. The molecular formula is C8H9BBrNO2. The van der Waals surface area contributed by atoms with E-state index < -0.39 is 0 Å². The van der Waals surface area contributed by atoms with E-state index in [-0.39, 0.29) is 11.8 Å². The number of nitrogens with zero attached hydrogens (tertiary/aromatic N) is 1. The Labute approximate surface area is 86.0 Å². The lowest BCUT2D eigenvalue weighted by molar-refractivity contribution is -0.140. The first-order valence-corrected chi connectivity index (χ1v) is 4.64. The summed E-state index contributed by atoms with van der Waals surface area (Å²) < 4.78 is 5.33. The second-order valence-corrected chi connectivity index (χ2v) is 3.44. The van der Waals surface area contributed by atoms with Crippen molar-refractivity contribution in [3.8, 4) is 0 Å². The molecule has 1 aromatic heterocycles. The highest BCUT2D eigenvalue weighted by atomic mass is 79.9. The molecule has 0 saturated carbocycles. The van der Waals surface area contributed by atoms with Crippen molar-refractivity contribution >= 4 is 29.7 Å². The second kappa shape index (κ2) is 4.41. The van der Waals surface area contributed by atoms with Crippen molar-refractivity contribution < 1.29 is 9.53 Å². The fourth-order valence-corrected chi connectivity index (χ4v) is 1.32. The summed E-state index contributed by atoms with van der Waals surface area (Å²) >= 11 is 3.24. The van der Waals surface area contributed by atoms with E-state index in [4.69, 9.17) is 0 Å². The standard InChI is InChI=1S/C8H9BBrNO2/c1-13-8(12)7(9)5-3-2-4-6(10)11-5/h2-4,7H,9H2,1H3. The normalized spacial score (nSPS) is 12.2. The van der Waals surface area contributed by atoms with Crippen molar-refractivity contribution in [2.45, 2.75) is 5.82 Å². The van der Waals surface area contributed by atoms with E-state index in [2.05, 4.69) is 25.7 Å². The molecule has 68 valence electrons. The maximum absolute atomic E-state index is 11.1. The van der Waals surface area contributed by atoms with Crippen LogP contribution < -0.4 is 0 Å². The molecule has 0 bridgehead atoms. The van der Waals surface area contributed by atoms with Crippen molar-refractivity contribution in [1.82, 2.24) is 4.98 Å². The monoisotopic (exact) mass is 241 g/mol. The smallest absolute Gasteiger partial charge is 0.306 e. The molecule has 0 aromatic carbocycles. The summed E-state index contributed by atoms with van der Waals surface area (Å²) in [6, 6.07) is 5.45. The van der Waals surface area contributed by atoms with Crippen LogP contribution in [0.15, 0.2) is 22.8 Å². The molecule has 3 nitrogen and oxygen atoms in total. The number of esters is 1. The van der Waals surface area contributed by atoms with Crippen LogP contribution >= 0.6 is 15.9 Å². The second-order valence-electron chi connectivity index (χ2n) is 2.63. The fourth-order valence-electron chi connectivity index (χ4n) is 0.963. The Hall–Kier alpha value is -0.835. The number of hydrogen-bond acceptors (Lipinski definition) is 3. The molecular weight excluding hydrogens is 233 g/mol. The molecule has 0 N–H and O–H groups in total. The lowest BCUT2D eigenvalue weighted by Crippen LogP contribution is -2.15. The van der Waals surface area contributed by atoms with Crippen molar-refractivity contribution in [2.75, 3.05) is 7.11 Å². The van der Waals surface area contributed by atoms with Crippen LogP contribution in [0.5, 0.6) is 0 Å². The van der Waals surface area contributed by atoms with Crippen molar-refractivity contribution in [1.29, 1.82) is 0 Å². The number of carbonyl (C=O) groups excluding carboxylic acids is 1. The fraction of sp³-hybridized carbons (Fsp3) is 0.250. The van der Waals surface area contributed by atoms with Gasteiger partial charge >= 0.3 is 5.97 Å². The number of ether oxygens (including phenoxy) is 1.